The normalized spacial score (nSPS) is 11.1. The second kappa shape index (κ2) is 7.53. The predicted octanol–water partition coefficient (Wildman–Crippen LogP) is 4.93. The van der Waals surface area contributed by atoms with Crippen molar-refractivity contribution in [1.29, 1.82) is 0 Å². The molecule has 3 aromatic rings. The molecule has 0 spiro atoms. The second-order valence-corrected chi connectivity index (χ2v) is 6.96. The summed E-state index contributed by atoms with van der Waals surface area (Å²) < 4.78 is 11.1. The fraction of sp³-hybridized carbons (Fsp3) is 0.286. The van der Waals surface area contributed by atoms with Crippen molar-refractivity contribution in [2.75, 3.05) is 7.11 Å². The standard InChI is InChI=1S/C21H21ClN2O3/c1-11(2)27-20-18(22)16-10-14(7-9-17(16)24-21(20)26-5)19(25)15-8-6-12(3)23-13(15)4/h6-11H,1-5H3. The van der Waals surface area contributed by atoms with E-state index in [1.54, 1.807) is 24.3 Å². The smallest absolute Gasteiger partial charge is 0.258 e. The molecule has 0 N–H and O–H groups in total. The summed E-state index contributed by atoms with van der Waals surface area (Å²) in [6.45, 7) is 7.52. The number of ether oxygens (including phenoxy) is 2. The average molecular weight is 385 g/mol. The molecule has 0 saturated carbocycles. The maximum atomic E-state index is 13.0. The Labute approximate surface area is 163 Å². The van der Waals surface area contributed by atoms with Crippen molar-refractivity contribution in [3.8, 4) is 11.6 Å². The summed E-state index contributed by atoms with van der Waals surface area (Å²) in [5.41, 5.74) is 3.28. The first-order chi connectivity index (χ1) is 12.8. The van der Waals surface area contributed by atoms with Crippen LogP contribution >= 0.6 is 11.6 Å². The van der Waals surface area contributed by atoms with Crippen LogP contribution in [0.5, 0.6) is 11.6 Å². The molecule has 0 saturated heterocycles. The summed E-state index contributed by atoms with van der Waals surface area (Å²) in [5.74, 6) is 0.582. The number of carbonyl (C=O) groups excluding carboxylic acids is 1. The molecule has 0 amide bonds. The van der Waals surface area contributed by atoms with Crippen molar-refractivity contribution < 1.29 is 14.3 Å². The van der Waals surface area contributed by atoms with Crippen molar-refractivity contribution in [3.05, 3.63) is 57.9 Å². The van der Waals surface area contributed by atoms with Crippen LogP contribution in [0.1, 0.15) is 41.2 Å². The lowest BCUT2D eigenvalue weighted by molar-refractivity contribution is 0.103. The molecular formula is C21H21ClN2O3. The number of hydrogen-bond acceptors (Lipinski definition) is 5. The number of nitrogens with zero attached hydrogens (tertiary/aromatic N) is 2. The van der Waals surface area contributed by atoms with Crippen LogP contribution in [0.3, 0.4) is 0 Å². The maximum Gasteiger partial charge on any atom is 0.258 e. The Hall–Kier alpha value is -2.66. The third kappa shape index (κ3) is 3.74. The molecule has 27 heavy (non-hydrogen) atoms. The van der Waals surface area contributed by atoms with Crippen LogP contribution in [-0.4, -0.2) is 29.0 Å². The topological polar surface area (TPSA) is 61.3 Å². The minimum absolute atomic E-state index is 0.0956. The van der Waals surface area contributed by atoms with Gasteiger partial charge in [-0.3, -0.25) is 9.78 Å². The number of pyridine rings is 2. The maximum absolute atomic E-state index is 13.0. The van der Waals surface area contributed by atoms with Gasteiger partial charge in [-0.15, -0.1) is 0 Å². The Kier molecular flexibility index (Phi) is 5.33. The number of ketones is 1. The van der Waals surface area contributed by atoms with Gasteiger partial charge in [0.15, 0.2) is 5.78 Å². The van der Waals surface area contributed by atoms with E-state index in [-0.39, 0.29) is 11.9 Å². The Morgan fingerprint density at radius 1 is 1.11 bits per heavy atom. The van der Waals surface area contributed by atoms with Crippen LogP contribution in [0.15, 0.2) is 30.3 Å². The summed E-state index contributed by atoms with van der Waals surface area (Å²) in [6, 6.07) is 8.85. The highest BCUT2D eigenvalue weighted by Crippen LogP contribution is 2.39. The van der Waals surface area contributed by atoms with Crippen molar-refractivity contribution in [2.45, 2.75) is 33.8 Å². The van der Waals surface area contributed by atoms with Crippen molar-refractivity contribution in [2.24, 2.45) is 0 Å². The van der Waals surface area contributed by atoms with Crippen LogP contribution in [0.2, 0.25) is 5.02 Å². The summed E-state index contributed by atoms with van der Waals surface area (Å²) in [5, 5.41) is 1.01. The first kappa shape index (κ1) is 19.1. The zero-order chi connectivity index (χ0) is 19.7. The van der Waals surface area contributed by atoms with E-state index in [0.717, 1.165) is 5.69 Å². The second-order valence-electron chi connectivity index (χ2n) is 6.58. The SMILES string of the molecule is COc1nc2ccc(C(=O)c3ccc(C)nc3C)cc2c(Cl)c1OC(C)C. The number of fused-ring (bicyclic) bond motifs is 1. The molecular weight excluding hydrogens is 364 g/mol. The lowest BCUT2D eigenvalue weighted by Gasteiger charge is -2.16. The van der Waals surface area contributed by atoms with Gasteiger partial charge in [0.2, 0.25) is 5.75 Å². The van der Waals surface area contributed by atoms with E-state index in [0.29, 0.717) is 44.4 Å². The molecule has 0 fully saturated rings. The monoisotopic (exact) mass is 384 g/mol. The predicted molar refractivity (Wildman–Crippen MR) is 106 cm³/mol. The number of aromatic nitrogens is 2. The number of benzene rings is 1. The van der Waals surface area contributed by atoms with Gasteiger partial charge < -0.3 is 9.47 Å². The number of halogens is 1. The third-order valence-corrected chi connectivity index (χ3v) is 4.50. The van der Waals surface area contributed by atoms with E-state index in [4.69, 9.17) is 21.1 Å². The number of aryl methyl sites for hydroxylation is 2. The summed E-state index contributed by atoms with van der Waals surface area (Å²) in [7, 11) is 1.52. The molecule has 0 bridgehead atoms. The van der Waals surface area contributed by atoms with E-state index in [1.165, 1.54) is 7.11 Å². The lowest BCUT2D eigenvalue weighted by Crippen LogP contribution is -2.09. The highest BCUT2D eigenvalue weighted by Gasteiger charge is 2.19. The average Bonchev–Trinajstić information content (AvgIpc) is 2.62. The lowest BCUT2D eigenvalue weighted by atomic mass is 10.00. The Bertz CT molecular complexity index is 1030. The number of carbonyl (C=O) groups is 1. The minimum atomic E-state index is -0.111. The van der Waals surface area contributed by atoms with Gasteiger partial charge in [-0.05, 0) is 58.0 Å². The first-order valence-corrected chi connectivity index (χ1v) is 9.02. The van der Waals surface area contributed by atoms with Gasteiger partial charge in [0.05, 0.1) is 23.8 Å². The van der Waals surface area contributed by atoms with Gasteiger partial charge >= 0.3 is 0 Å². The summed E-state index contributed by atoms with van der Waals surface area (Å²) >= 11 is 6.58. The van der Waals surface area contributed by atoms with E-state index in [2.05, 4.69) is 9.97 Å². The highest BCUT2D eigenvalue weighted by molar-refractivity contribution is 6.37. The highest BCUT2D eigenvalue weighted by atomic mass is 35.5. The molecule has 0 aliphatic heterocycles. The van der Waals surface area contributed by atoms with Gasteiger partial charge in [-0.1, -0.05) is 11.6 Å². The van der Waals surface area contributed by atoms with Gasteiger partial charge in [0.25, 0.3) is 5.88 Å². The zero-order valence-corrected chi connectivity index (χ0v) is 16.7. The Morgan fingerprint density at radius 2 is 1.85 bits per heavy atom. The summed E-state index contributed by atoms with van der Waals surface area (Å²) in [6.07, 6.45) is -0.0956. The van der Waals surface area contributed by atoms with Crippen LogP contribution in [-0.2, 0) is 0 Å². The van der Waals surface area contributed by atoms with Gasteiger partial charge in [-0.2, -0.15) is 0 Å². The molecule has 0 aliphatic rings. The zero-order valence-electron chi connectivity index (χ0n) is 16.0. The quantitative estimate of drug-likeness (QED) is 0.584. The molecule has 0 unspecified atom stereocenters. The minimum Gasteiger partial charge on any atom is -0.484 e. The summed E-state index contributed by atoms with van der Waals surface area (Å²) in [4.78, 5) is 21.8. The van der Waals surface area contributed by atoms with Gasteiger partial charge in [0.1, 0.15) is 0 Å². The van der Waals surface area contributed by atoms with E-state index >= 15 is 0 Å². The Morgan fingerprint density at radius 3 is 2.48 bits per heavy atom. The molecule has 1 aromatic carbocycles. The number of rotatable bonds is 5. The molecule has 2 aromatic heterocycles. The molecule has 140 valence electrons. The molecule has 6 heteroatoms. The van der Waals surface area contributed by atoms with Crippen LogP contribution in [0, 0.1) is 13.8 Å². The van der Waals surface area contributed by atoms with Crippen molar-refractivity contribution in [1.82, 2.24) is 9.97 Å². The fourth-order valence-corrected chi connectivity index (χ4v) is 3.16. The number of hydrogen-bond donors (Lipinski definition) is 0. The van der Waals surface area contributed by atoms with E-state index < -0.39 is 0 Å². The number of methoxy groups -OCH3 is 1. The van der Waals surface area contributed by atoms with E-state index in [1.807, 2.05) is 33.8 Å². The van der Waals surface area contributed by atoms with Crippen LogP contribution in [0.25, 0.3) is 10.9 Å². The van der Waals surface area contributed by atoms with Crippen LogP contribution in [0.4, 0.5) is 0 Å². The molecule has 2 heterocycles. The third-order valence-electron chi connectivity index (χ3n) is 4.13. The van der Waals surface area contributed by atoms with Gasteiger partial charge in [0, 0.05) is 27.9 Å². The Balaban J connectivity index is 2.13. The molecule has 0 radical (unpaired) electrons. The van der Waals surface area contributed by atoms with Crippen LogP contribution < -0.4 is 9.47 Å². The fourth-order valence-electron chi connectivity index (χ4n) is 2.89. The van der Waals surface area contributed by atoms with Crippen molar-refractivity contribution >= 4 is 28.3 Å². The first-order valence-electron chi connectivity index (χ1n) is 8.64. The van der Waals surface area contributed by atoms with Crippen molar-refractivity contribution in [3.63, 3.8) is 0 Å². The molecule has 3 rings (SSSR count). The molecule has 0 atom stereocenters. The molecule has 5 nitrogen and oxygen atoms in total. The van der Waals surface area contributed by atoms with Gasteiger partial charge in [-0.25, -0.2) is 4.98 Å². The largest absolute Gasteiger partial charge is 0.484 e. The van der Waals surface area contributed by atoms with E-state index in [9.17, 15) is 4.79 Å². The molecule has 0 aliphatic carbocycles.